The van der Waals surface area contributed by atoms with E-state index in [0.29, 0.717) is 12.4 Å². The quantitative estimate of drug-likeness (QED) is 0.261. The van der Waals surface area contributed by atoms with E-state index in [1.165, 1.54) is 0 Å². The van der Waals surface area contributed by atoms with Gasteiger partial charge in [-0.1, -0.05) is 60.7 Å². The maximum atomic E-state index is 5.77. The molecule has 0 saturated heterocycles. The first-order chi connectivity index (χ1) is 19.7. The summed E-state index contributed by atoms with van der Waals surface area (Å²) >= 11 is 0. The van der Waals surface area contributed by atoms with Crippen LogP contribution < -0.4 is 15.0 Å². The molecule has 7 rings (SSSR count). The molecule has 0 radical (unpaired) electrons. The van der Waals surface area contributed by atoms with Gasteiger partial charge in [-0.3, -0.25) is 0 Å². The summed E-state index contributed by atoms with van der Waals surface area (Å²) in [4.78, 5) is 12.6. The van der Waals surface area contributed by atoms with Crippen LogP contribution in [0.3, 0.4) is 0 Å². The van der Waals surface area contributed by atoms with Gasteiger partial charge in [-0.05, 0) is 67.9 Å². The molecule has 0 saturated carbocycles. The smallest absolute Gasteiger partial charge is 0.179 e. The zero-order valence-electron chi connectivity index (χ0n) is 22.3. The highest BCUT2D eigenvalue weighted by molar-refractivity contribution is 6.51. The third-order valence-corrected chi connectivity index (χ3v) is 7.18. The number of hydrogen-bond acceptors (Lipinski definition) is 6. The number of ether oxygens (including phenoxy) is 1. The van der Waals surface area contributed by atoms with Crippen LogP contribution in [0.25, 0.3) is 5.69 Å². The number of para-hydroxylation sites is 4. The molecule has 40 heavy (non-hydrogen) atoms. The number of hydrogen-bond donors (Lipinski definition) is 1. The van der Waals surface area contributed by atoms with Crippen molar-refractivity contribution in [1.29, 1.82) is 0 Å². The number of amidine groups is 2. The molecule has 0 spiro atoms. The highest BCUT2D eigenvalue weighted by Crippen LogP contribution is 2.48. The molecule has 0 fully saturated rings. The minimum Gasteiger partial charge on any atom is -0.494 e. The van der Waals surface area contributed by atoms with Crippen LogP contribution in [0.4, 0.5) is 22.9 Å². The highest BCUT2D eigenvalue weighted by atomic mass is 16.5. The normalized spacial score (nSPS) is 15.3. The largest absolute Gasteiger partial charge is 0.494 e. The van der Waals surface area contributed by atoms with E-state index in [9.17, 15) is 0 Å². The van der Waals surface area contributed by atoms with Crippen LogP contribution in [-0.4, -0.2) is 28.1 Å². The molecular weight excluding hydrogens is 496 g/mol. The Morgan fingerprint density at radius 3 is 2.25 bits per heavy atom. The zero-order chi connectivity index (χ0) is 27.1. The topological polar surface area (TPSA) is 67.0 Å². The van der Waals surface area contributed by atoms with E-state index in [4.69, 9.17) is 19.8 Å². The van der Waals surface area contributed by atoms with E-state index >= 15 is 0 Å². The first-order valence-electron chi connectivity index (χ1n) is 13.5. The second-order valence-electron chi connectivity index (χ2n) is 9.72. The number of benzene rings is 4. The summed E-state index contributed by atoms with van der Waals surface area (Å²) in [7, 11) is 0. The fraction of sp³-hybridized carbons (Fsp3) is 0.121. The highest BCUT2D eigenvalue weighted by Gasteiger charge is 2.41. The van der Waals surface area contributed by atoms with Gasteiger partial charge in [0.1, 0.15) is 5.75 Å². The van der Waals surface area contributed by atoms with Crippen LogP contribution in [0.15, 0.2) is 119 Å². The van der Waals surface area contributed by atoms with Gasteiger partial charge in [0.2, 0.25) is 0 Å². The van der Waals surface area contributed by atoms with Gasteiger partial charge in [-0.15, -0.1) is 0 Å². The second-order valence-corrected chi connectivity index (χ2v) is 9.72. The Kier molecular flexibility index (Phi) is 5.89. The molecule has 1 N–H and O–H groups in total. The molecule has 1 atom stereocenters. The molecule has 2 aliphatic rings. The number of aliphatic imine (C=N–C) groups is 2. The maximum Gasteiger partial charge on any atom is 0.179 e. The maximum absolute atomic E-state index is 5.77. The van der Waals surface area contributed by atoms with Crippen molar-refractivity contribution in [3.05, 3.63) is 126 Å². The van der Waals surface area contributed by atoms with Crippen LogP contribution in [0.1, 0.15) is 29.8 Å². The predicted octanol–water partition coefficient (Wildman–Crippen LogP) is 7.37. The Morgan fingerprint density at radius 1 is 0.800 bits per heavy atom. The third kappa shape index (κ3) is 4.03. The molecule has 1 aromatic heterocycles. The predicted molar refractivity (Wildman–Crippen MR) is 161 cm³/mol. The van der Waals surface area contributed by atoms with Crippen molar-refractivity contribution in [2.24, 2.45) is 9.98 Å². The zero-order valence-corrected chi connectivity index (χ0v) is 22.3. The van der Waals surface area contributed by atoms with Gasteiger partial charge in [0, 0.05) is 11.3 Å². The molecule has 1 unspecified atom stereocenters. The number of anilines is 2. The fourth-order valence-corrected chi connectivity index (χ4v) is 5.43. The molecule has 0 amide bonds. The van der Waals surface area contributed by atoms with Gasteiger partial charge in [0.05, 0.1) is 35.4 Å². The number of aromatic nitrogens is 2. The number of rotatable bonds is 5. The molecule has 4 aromatic carbocycles. The van der Waals surface area contributed by atoms with Crippen LogP contribution in [0.5, 0.6) is 5.75 Å². The van der Waals surface area contributed by atoms with Crippen LogP contribution in [0, 0.1) is 6.92 Å². The van der Waals surface area contributed by atoms with E-state index < -0.39 is 0 Å². The van der Waals surface area contributed by atoms with Gasteiger partial charge in [0.15, 0.2) is 17.5 Å². The molecular formula is C33H28N6O. The SMILES string of the molecule is CCOc1ccc(C2c3c(C)nn(-c4ccccc4)c3N=C3C(Nc4ccccc4)=Nc4ccccc4N32)cc1. The van der Waals surface area contributed by atoms with Crippen molar-refractivity contribution in [2.75, 3.05) is 16.8 Å². The molecule has 7 heteroatoms. The van der Waals surface area contributed by atoms with Gasteiger partial charge >= 0.3 is 0 Å². The summed E-state index contributed by atoms with van der Waals surface area (Å²) in [5, 5.41) is 8.55. The minimum absolute atomic E-state index is 0.181. The molecule has 0 bridgehead atoms. The number of nitrogens with zero attached hydrogens (tertiary/aromatic N) is 5. The first-order valence-corrected chi connectivity index (χ1v) is 13.5. The molecule has 196 valence electrons. The lowest BCUT2D eigenvalue weighted by molar-refractivity contribution is 0.340. The fourth-order valence-electron chi connectivity index (χ4n) is 5.43. The van der Waals surface area contributed by atoms with Crippen molar-refractivity contribution in [3.8, 4) is 11.4 Å². The minimum atomic E-state index is -0.181. The number of aryl methyl sites for hydroxylation is 1. The second kappa shape index (κ2) is 9.85. The van der Waals surface area contributed by atoms with E-state index in [0.717, 1.165) is 57.0 Å². The molecule has 7 nitrogen and oxygen atoms in total. The molecule has 0 aliphatic carbocycles. The van der Waals surface area contributed by atoms with Crippen molar-refractivity contribution in [3.63, 3.8) is 0 Å². The average molecular weight is 525 g/mol. The van der Waals surface area contributed by atoms with Crippen molar-refractivity contribution in [1.82, 2.24) is 9.78 Å². The lowest BCUT2D eigenvalue weighted by atomic mass is 9.93. The Bertz CT molecular complexity index is 1740. The average Bonchev–Trinajstić information content (AvgIpc) is 3.34. The Balaban J connectivity index is 1.48. The molecule has 2 aliphatic heterocycles. The van der Waals surface area contributed by atoms with E-state index in [2.05, 4.69) is 47.5 Å². The van der Waals surface area contributed by atoms with Crippen LogP contribution in [0.2, 0.25) is 0 Å². The van der Waals surface area contributed by atoms with Gasteiger partial charge in [0.25, 0.3) is 0 Å². The summed E-state index contributed by atoms with van der Waals surface area (Å²) in [5.41, 5.74) is 6.89. The van der Waals surface area contributed by atoms with E-state index in [1.807, 2.05) is 90.5 Å². The Morgan fingerprint density at radius 2 is 1.50 bits per heavy atom. The monoisotopic (exact) mass is 524 g/mol. The summed E-state index contributed by atoms with van der Waals surface area (Å²) in [6.07, 6.45) is 0. The van der Waals surface area contributed by atoms with Crippen LogP contribution >= 0.6 is 0 Å². The van der Waals surface area contributed by atoms with Crippen molar-refractivity contribution in [2.45, 2.75) is 19.9 Å². The van der Waals surface area contributed by atoms with Crippen LogP contribution in [-0.2, 0) is 0 Å². The standard InChI is InChI=1S/C33H28N6O/c1-3-40-26-20-18-23(19-21-26)30-29-22(2)37-39(25-14-8-5-9-15-25)32(29)36-33-31(34-24-12-6-4-7-13-24)35-27-16-10-11-17-28(27)38(30)33/h4-21,30H,3H2,1-2H3,(H,34,35). The van der Waals surface area contributed by atoms with Gasteiger partial charge in [-0.2, -0.15) is 5.10 Å². The van der Waals surface area contributed by atoms with E-state index in [-0.39, 0.29) is 6.04 Å². The lowest BCUT2D eigenvalue weighted by Gasteiger charge is -2.40. The summed E-state index contributed by atoms with van der Waals surface area (Å²) in [6.45, 7) is 4.68. The van der Waals surface area contributed by atoms with Gasteiger partial charge < -0.3 is 15.0 Å². The third-order valence-electron chi connectivity index (χ3n) is 7.18. The summed E-state index contributed by atoms with van der Waals surface area (Å²) < 4.78 is 7.71. The first kappa shape index (κ1) is 23.9. The number of nitrogens with one attached hydrogen (secondary N) is 1. The molecule has 5 aromatic rings. The van der Waals surface area contributed by atoms with Crippen molar-refractivity contribution < 1.29 is 4.74 Å². The molecule has 3 heterocycles. The Labute approximate surface area is 233 Å². The van der Waals surface area contributed by atoms with E-state index in [1.54, 1.807) is 0 Å². The number of fused-ring (bicyclic) bond motifs is 4. The summed E-state index contributed by atoms with van der Waals surface area (Å²) in [5.74, 6) is 3.08. The van der Waals surface area contributed by atoms with Gasteiger partial charge in [-0.25, -0.2) is 14.7 Å². The Hall–Kier alpha value is -5.17. The summed E-state index contributed by atoms with van der Waals surface area (Å²) in [6, 6.07) is 36.6. The van der Waals surface area contributed by atoms with Crippen molar-refractivity contribution >= 4 is 34.6 Å². The lowest BCUT2D eigenvalue weighted by Crippen LogP contribution is -2.46.